The Bertz CT molecular complexity index is 2890. The largest absolute Gasteiger partial charge is 0.310 e. The van der Waals surface area contributed by atoms with Crippen LogP contribution in [0, 0.1) is 0 Å². The molecule has 1 atom stereocenters. The molecule has 1 heteroatoms. The van der Waals surface area contributed by atoms with Crippen molar-refractivity contribution in [2.75, 3.05) is 4.90 Å². The number of hydrogen-bond donors (Lipinski definition) is 0. The maximum atomic E-state index is 2.46. The third kappa shape index (κ3) is 6.53. The molecule has 9 aromatic rings. The number of rotatable bonds is 8. The van der Waals surface area contributed by atoms with Crippen LogP contribution in [0.1, 0.15) is 48.6 Å². The van der Waals surface area contributed by atoms with Crippen molar-refractivity contribution in [1.82, 2.24) is 0 Å². The minimum Gasteiger partial charge on any atom is -0.310 e. The van der Waals surface area contributed by atoms with Crippen molar-refractivity contribution in [1.29, 1.82) is 0 Å². The fourth-order valence-corrected chi connectivity index (χ4v) is 9.27. The Hall–Kier alpha value is -7.22. The van der Waals surface area contributed by atoms with E-state index in [1.54, 1.807) is 0 Å². The molecular weight excluding hydrogens is 723 g/mol. The lowest BCUT2D eigenvalue weighted by molar-refractivity contribution is 0.590. The molecule has 0 fully saturated rings. The smallest absolute Gasteiger partial charge is 0.0714 e. The number of fused-ring (bicyclic) bond motifs is 3. The molecule has 9 aromatic carbocycles. The van der Waals surface area contributed by atoms with Crippen LogP contribution >= 0.6 is 0 Å². The van der Waals surface area contributed by atoms with Gasteiger partial charge in [0, 0.05) is 17.1 Å². The van der Waals surface area contributed by atoms with Gasteiger partial charge in [0.05, 0.1) is 5.41 Å². The van der Waals surface area contributed by atoms with Crippen molar-refractivity contribution in [2.24, 2.45) is 0 Å². The van der Waals surface area contributed by atoms with E-state index >= 15 is 0 Å². The van der Waals surface area contributed by atoms with Gasteiger partial charge >= 0.3 is 0 Å². The summed E-state index contributed by atoms with van der Waals surface area (Å²) in [5.41, 5.74) is 19.1. The van der Waals surface area contributed by atoms with Gasteiger partial charge in [-0.05, 0) is 114 Å². The third-order valence-electron chi connectivity index (χ3n) is 12.4. The quantitative estimate of drug-likeness (QED) is 0.149. The first-order valence-electron chi connectivity index (χ1n) is 21.0. The summed E-state index contributed by atoms with van der Waals surface area (Å²) < 4.78 is 0. The maximum Gasteiger partial charge on any atom is 0.0714 e. The normalized spacial score (nSPS) is 14.3. The van der Waals surface area contributed by atoms with Crippen LogP contribution < -0.4 is 4.90 Å². The first-order valence-corrected chi connectivity index (χ1v) is 21.0. The Morgan fingerprint density at radius 1 is 0.317 bits per heavy atom. The zero-order chi connectivity index (χ0) is 40.7. The summed E-state index contributed by atoms with van der Waals surface area (Å²) in [6.07, 6.45) is 0. The molecule has 0 bridgehead atoms. The first-order chi connectivity index (χ1) is 29.4. The van der Waals surface area contributed by atoms with Crippen LogP contribution in [0.25, 0.3) is 44.5 Å². The minimum atomic E-state index is -0.537. The van der Waals surface area contributed by atoms with E-state index in [9.17, 15) is 0 Å². The van der Waals surface area contributed by atoms with E-state index in [0.29, 0.717) is 0 Å². The van der Waals surface area contributed by atoms with Crippen LogP contribution in [-0.2, 0) is 10.8 Å². The lowest BCUT2D eigenvalue weighted by Gasteiger charge is -2.35. The Morgan fingerprint density at radius 3 is 1.22 bits per heavy atom. The van der Waals surface area contributed by atoms with Gasteiger partial charge < -0.3 is 4.90 Å². The van der Waals surface area contributed by atoms with Crippen molar-refractivity contribution in [3.05, 3.63) is 258 Å². The predicted molar refractivity (Wildman–Crippen MR) is 253 cm³/mol. The van der Waals surface area contributed by atoms with E-state index in [4.69, 9.17) is 0 Å². The van der Waals surface area contributed by atoms with Gasteiger partial charge in [0.2, 0.25) is 0 Å². The van der Waals surface area contributed by atoms with Crippen molar-refractivity contribution in [2.45, 2.75) is 31.6 Å². The van der Waals surface area contributed by atoms with Gasteiger partial charge in [-0.15, -0.1) is 0 Å². The summed E-state index contributed by atoms with van der Waals surface area (Å²) >= 11 is 0. The molecule has 60 heavy (non-hydrogen) atoms. The molecule has 288 valence electrons. The number of benzene rings is 9. The lowest BCUT2D eigenvalue weighted by atomic mass is 9.67. The molecule has 0 spiro atoms. The van der Waals surface area contributed by atoms with E-state index < -0.39 is 5.41 Å². The van der Waals surface area contributed by atoms with Gasteiger partial charge in [-0.2, -0.15) is 0 Å². The number of anilines is 3. The summed E-state index contributed by atoms with van der Waals surface area (Å²) in [6, 6.07) is 84.9. The van der Waals surface area contributed by atoms with Gasteiger partial charge in [-0.1, -0.05) is 215 Å². The highest BCUT2D eigenvalue weighted by Gasteiger charge is 2.46. The van der Waals surface area contributed by atoms with Gasteiger partial charge in [0.1, 0.15) is 0 Å². The van der Waals surface area contributed by atoms with E-state index in [1.807, 2.05) is 0 Å². The topological polar surface area (TPSA) is 3.24 Å². The second-order valence-electron chi connectivity index (χ2n) is 17.0. The monoisotopic (exact) mass is 769 g/mol. The molecule has 1 aliphatic rings. The summed E-state index contributed by atoms with van der Waals surface area (Å²) in [4.78, 5) is 2.42. The van der Waals surface area contributed by atoms with Crippen LogP contribution in [0.3, 0.4) is 0 Å². The number of nitrogens with zero attached hydrogens (tertiary/aromatic N) is 1. The zero-order valence-electron chi connectivity index (χ0n) is 34.4. The average Bonchev–Trinajstić information content (AvgIpc) is 3.61. The molecule has 0 aromatic heterocycles. The molecule has 1 nitrogen and oxygen atoms in total. The van der Waals surface area contributed by atoms with Crippen LogP contribution in [0.4, 0.5) is 17.1 Å². The highest BCUT2D eigenvalue weighted by atomic mass is 15.1. The van der Waals surface area contributed by atoms with Crippen LogP contribution in [0.15, 0.2) is 231 Å². The van der Waals surface area contributed by atoms with Gasteiger partial charge in [0.15, 0.2) is 0 Å². The lowest BCUT2D eigenvalue weighted by Crippen LogP contribution is -2.28. The molecular formula is C59H47N. The molecule has 0 aliphatic heterocycles. The second kappa shape index (κ2) is 15.2. The molecule has 0 saturated heterocycles. The van der Waals surface area contributed by atoms with E-state index in [-0.39, 0.29) is 5.41 Å². The van der Waals surface area contributed by atoms with Gasteiger partial charge in [0.25, 0.3) is 0 Å². The molecule has 0 saturated carbocycles. The van der Waals surface area contributed by atoms with Crippen molar-refractivity contribution in [3.8, 4) is 44.5 Å². The summed E-state index contributed by atoms with van der Waals surface area (Å²) in [6.45, 7) is 6.79. The molecule has 1 aliphatic carbocycles. The standard InChI is InChI=1S/C59H47N/c1-58(2,3)48-31-23-45(24-32-48)47-29-37-52(38-30-47)60(51-35-27-46(28-36-51)43-17-9-5-10-18-43)53-39-40-55-54-21-13-14-22-56(54)59(57(55)41-53,49-19-11-6-12-20-49)50-33-25-44(26-34-50)42-15-7-4-8-16-42/h4-41H,1-3H3. The average molecular weight is 770 g/mol. The van der Waals surface area contributed by atoms with Crippen LogP contribution in [0.2, 0.25) is 0 Å². The van der Waals surface area contributed by atoms with Gasteiger partial charge in [-0.3, -0.25) is 0 Å². The highest BCUT2D eigenvalue weighted by molar-refractivity contribution is 5.90. The Balaban J connectivity index is 1.14. The molecule has 0 heterocycles. The third-order valence-corrected chi connectivity index (χ3v) is 12.4. The van der Waals surface area contributed by atoms with Gasteiger partial charge in [-0.25, -0.2) is 0 Å². The van der Waals surface area contributed by atoms with E-state index in [0.717, 1.165) is 17.1 Å². The fraction of sp³-hybridized carbons (Fsp3) is 0.0847. The summed E-state index contributed by atoms with van der Waals surface area (Å²) in [7, 11) is 0. The Morgan fingerprint density at radius 2 is 0.700 bits per heavy atom. The van der Waals surface area contributed by atoms with Crippen LogP contribution in [-0.4, -0.2) is 0 Å². The van der Waals surface area contributed by atoms with E-state index in [2.05, 4.69) is 256 Å². The molecule has 0 amide bonds. The van der Waals surface area contributed by atoms with Crippen LogP contribution in [0.5, 0.6) is 0 Å². The Kier molecular flexibility index (Phi) is 9.38. The zero-order valence-corrected chi connectivity index (χ0v) is 34.4. The van der Waals surface area contributed by atoms with Crippen molar-refractivity contribution < 1.29 is 0 Å². The molecule has 0 radical (unpaired) electrons. The molecule has 10 rings (SSSR count). The highest BCUT2D eigenvalue weighted by Crippen LogP contribution is 2.57. The van der Waals surface area contributed by atoms with Crippen molar-refractivity contribution >= 4 is 17.1 Å². The SMILES string of the molecule is CC(C)(C)c1ccc(-c2ccc(N(c3ccc(-c4ccccc4)cc3)c3ccc4c(c3)C(c3ccccc3)(c3ccc(-c5ccccc5)cc3)c3ccccc3-4)cc2)cc1. The van der Waals surface area contributed by atoms with Crippen molar-refractivity contribution in [3.63, 3.8) is 0 Å². The summed E-state index contributed by atoms with van der Waals surface area (Å²) in [5.74, 6) is 0. The first kappa shape index (κ1) is 37.1. The molecule has 1 unspecified atom stereocenters. The Labute approximate surface area is 354 Å². The maximum absolute atomic E-state index is 2.46. The molecule has 0 N–H and O–H groups in total. The summed E-state index contributed by atoms with van der Waals surface area (Å²) in [5, 5.41) is 0. The second-order valence-corrected chi connectivity index (χ2v) is 17.0. The fourth-order valence-electron chi connectivity index (χ4n) is 9.27. The predicted octanol–water partition coefficient (Wildman–Crippen LogP) is 15.8. The number of hydrogen-bond acceptors (Lipinski definition) is 1. The van der Waals surface area contributed by atoms with E-state index in [1.165, 1.54) is 72.3 Å². The minimum absolute atomic E-state index is 0.111.